The number of carbonyl (C=O) groups excluding carboxylic acids is 1. The van der Waals surface area contributed by atoms with Crippen molar-refractivity contribution in [1.82, 2.24) is 15.3 Å². The van der Waals surface area contributed by atoms with E-state index in [9.17, 15) is 4.79 Å². The quantitative estimate of drug-likeness (QED) is 0.264. The molecule has 0 fully saturated rings. The highest BCUT2D eigenvalue weighted by Gasteiger charge is 2.10. The van der Waals surface area contributed by atoms with E-state index in [0.717, 1.165) is 51.3 Å². The summed E-state index contributed by atoms with van der Waals surface area (Å²) in [6, 6.07) is 7.76. The van der Waals surface area contributed by atoms with Crippen molar-refractivity contribution in [3.63, 3.8) is 0 Å². The van der Waals surface area contributed by atoms with Crippen molar-refractivity contribution in [2.24, 2.45) is 0 Å². The molecule has 0 aliphatic carbocycles. The van der Waals surface area contributed by atoms with E-state index < -0.39 is 0 Å². The molecule has 0 radical (unpaired) electrons. The lowest BCUT2D eigenvalue weighted by Gasteiger charge is -2.12. The minimum absolute atomic E-state index is 0.218. The number of aliphatic hydroxyl groups is 1. The second-order valence-electron chi connectivity index (χ2n) is 6.17. The molecule has 0 saturated carbocycles. The number of ether oxygens (including phenoxy) is 1. The number of benzene rings is 1. The maximum atomic E-state index is 10.6. The third-order valence-electron chi connectivity index (χ3n) is 3.95. The number of nitrogen functional groups attached to an aromatic ring is 2. The summed E-state index contributed by atoms with van der Waals surface area (Å²) < 4.78 is 5.50. The van der Waals surface area contributed by atoms with E-state index in [2.05, 4.69) is 27.5 Å². The van der Waals surface area contributed by atoms with Crippen LogP contribution in [0.5, 0.6) is 6.01 Å². The van der Waals surface area contributed by atoms with Crippen LogP contribution in [0.1, 0.15) is 42.1 Å². The Morgan fingerprint density at radius 3 is 2.48 bits per heavy atom. The number of aromatic nitrogens is 2. The van der Waals surface area contributed by atoms with E-state index in [0.29, 0.717) is 30.2 Å². The zero-order chi connectivity index (χ0) is 21.5. The molecular formula is C20H32N6O3. The molecule has 0 spiro atoms. The van der Waals surface area contributed by atoms with Crippen molar-refractivity contribution in [1.29, 1.82) is 0 Å². The van der Waals surface area contributed by atoms with Crippen molar-refractivity contribution < 1.29 is 14.6 Å². The second-order valence-corrected chi connectivity index (χ2v) is 6.17. The van der Waals surface area contributed by atoms with Crippen LogP contribution in [-0.4, -0.2) is 48.2 Å². The molecule has 0 aliphatic rings. The number of carbonyl (C=O) groups is 1. The topological polar surface area (TPSA) is 148 Å². The molecule has 0 aliphatic heterocycles. The van der Waals surface area contributed by atoms with Gasteiger partial charge in [-0.1, -0.05) is 37.6 Å². The number of rotatable bonds is 12. The normalized spacial score (nSPS) is 10.0. The molecule has 0 atom stereocenters. The number of hydrogen-bond acceptors (Lipinski definition) is 9. The molecule has 2 aromatic rings. The van der Waals surface area contributed by atoms with Gasteiger partial charge in [-0.05, 0) is 24.9 Å². The van der Waals surface area contributed by atoms with Gasteiger partial charge in [0.2, 0.25) is 0 Å². The van der Waals surface area contributed by atoms with E-state index in [1.807, 2.05) is 24.3 Å². The molecule has 29 heavy (non-hydrogen) atoms. The van der Waals surface area contributed by atoms with Crippen LogP contribution in [-0.2, 0) is 6.54 Å². The Labute approximate surface area is 171 Å². The van der Waals surface area contributed by atoms with Gasteiger partial charge < -0.3 is 31.9 Å². The van der Waals surface area contributed by atoms with E-state index in [4.69, 9.17) is 21.3 Å². The Kier molecular flexibility index (Phi) is 11.8. The molecule has 1 heterocycles. The van der Waals surface area contributed by atoms with Crippen LogP contribution < -0.4 is 26.8 Å². The summed E-state index contributed by atoms with van der Waals surface area (Å²) in [6.07, 6.45) is 3.68. The number of nitrogens with zero attached hydrogens (tertiary/aromatic N) is 2. The molecular weight excluding hydrogens is 372 g/mol. The monoisotopic (exact) mass is 404 g/mol. The lowest BCUT2D eigenvalue weighted by atomic mass is 10.1. The van der Waals surface area contributed by atoms with Crippen LogP contribution in [0.4, 0.5) is 17.3 Å². The smallest absolute Gasteiger partial charge is 0.320 e. The van der Waals surface area contributed by atoms with Gasteiger partial charge in [0.1, 0.15) is 12.0 Å². The summed E-state index contributed by atoms with van der Waals surface area (Å²) in [6.45, 7) is 4.89. The number of hydrogen-bond donors (Lipinski definition) is 5. The van der Waals surface area contributed by atoms with Gasteiger partial charge in [0.15, 0.2) is 11.6 Å². The van der Waals surface area contributed by atoms with Gasteiger partial charge in [0.25, 0.3) is 0 Å². The first-order valence-electron chi connectivity index (χ1n) is 9.63. The largest absolute Gasteiger partial charge is 0.463 e. The fourth-order valence-corrected chi connectivity index (χ4v) is 2.34. The Hall–Kier alpha value is -2.91. The van der Waals surface area contributed by atoms with E-state index in [-0.39, 0.29) is 11.8 Å². The van der Waals surface area contributed by atoms with Crippen LogP contribution >= 0.6 is 0 Å². The second kappa shape index (κ2) is 14.1. The standard InChI is InChI=1S/C19H28N6O2.CH4O/c1-2-3-11-27-19-24-17(21)16(20)18(25-19)23-10-4-9-22-12-14-5-7-15(13-26)8-6-14;1-2/h5-8,13,22H,2-4,9-12,20H2,1H3,(H3,21,23,24,25);2H,1H3. The maximum absolute atomic E-state index is 10.6. The minimum Gasteiger partial charge on any atom is -0.463 e. The molecule has 0 saturated heterocycles. The summed E-state index contributed by atoms with van der Waals surface area (Å²) in [4.78, 5) is 19.0. The Morgan fingerprint density at radius 1 is 1.10 bits per heavy atom. The molecule has 0 unspecified atom stereocenters. The SMILES string of the molecule is CCCCOc1nc(N)c(N)c(NCCCNCc2ccc(C=O)cc2)n1.CO. The average molecular weight is 405 g/mol. The lowest BCUT2D eigenvalue weighted by Crippen LogP contribution is -2.18. The summed E-state index contributed by atoms with van der Waals surface area (Å²) in [5.74, 6) is 0.717. The predicted octanol–water partition coefficient (Wildman–Crippen LogP) is 1.83. The van der Waals surface area contributed by atoms with Crippen LogP contribution in [0, 0.1) is 0 Å². The van der Waals surface area contributed by atoms with Crippen LogP contribution in [0.2, 0.25) is 0 Å². The molecule has 7 N–H and O–H groups in total. The van der Waals surface area contributed by atoms with Gasteiger partial charge in [-0.25, -0.2) is 0 Å². The highest BCUT2D eigenvalue weighted by Crippen LogP contribution is 2.24. The van der Waals surface area contributed by atoms with Gasteiger partial charge in [-0.15, -0.1) is 0 Å². The Bertz CT molecular complexity index is 725. The first-order chi connectivity index (χ1) is 14.1. The van der Waals surface area contributed by atoms with Crippen molar-refractivity contribution in [2.75, 3.05) is 43.6 Å². The molecule has 2 rings (SSSR count). The van der Waals surface area contributed by atoms with E-state index in [1.165, 1.54) is 0 Å². The van der Waals surface area contributed by atoms with Crippen LogP contribution in [0.3, 0.4) is 0 Å². The first-order valence-corrected chi connectivity index (χ1v) is 9.63. The number of aldehydes is 1. The van der Waals surface area contributed by atoms with Gasteiger partial charge in [-0.3, -0.25) is 4.79 Å². The minimum atomic E-state index is 0.218. The predicted molar refractivity (Wildman–Crippen MR) is 116 cm³/mol. The summed E-state index contributed by atoms with van der Waals surface area (Å²) in [7, 11) is 1.00. The van der Waals surface area contributed by atoms with Crippen LogP contribution in [0.15, 0.2) is 24.3 Å². The highest BCUT2D eigenvalue weighted by atomic mass is 16.5. The molecule has 1 aromatic carbocycles. The summed E-state index contributed by atoms with van der Waals surface area (Å²) in [5.41, 5.74) is 13.9. The van der Waals surface area contributed by atoms with Crippen molar-refractivity contribution >= 4 is 23.6 Å². The summed E-state index contributed by atoms with van der Waals surface area (Å²) in [5, 5.41) is 13.5. The Balaban J connectivity index is 0.00000204. The number of aliphatic hydroxyl groups excluding tert-OH is 1. The third-order valence-corrected chi connectivity index (χ3v) is 3.95. The molecule has 9 heteroatoms. The fraction of sp³-hybridized carbons (Fsp3) is 0.450. The van der Waals surface area contributed by atoms with Crippen molar-refractivity contribution in [3.05, 3.63) is 35.4 Å². The van der Waals surface area contributed by atoms with Gasteiger partial charge in [-0.2, -0.15) is 9.97 Å². The van der Waals surface area contributed by atoms with E-state index in [1.54, 1.807) is 0 Å². The maximum Gasteiger partial charge on any atom is 0.320 e. The number of nitrogens with two attached hydrogens (primary N) is 2. The van der Waals surface area contributed by atoms with Crippen molar-refractivity contribution in [2.45, 2.75) is 32.7 Å². The zero-order valence-electron chi connectivity index (χ0n) is 17.1. The molecule has 1 aromatic heterocycles. The fourth-order valence-electron chi connectivity index (χ4n) is 2.34. The van der Waals surface area contributed by atoms with Crippen molar-refractivity contribution in [3.8, 4) is 6.01 Å². The third kappa shape index (κ3) is 8.75. The number of unbranched alkanes of at least 4 members (excludes halogenated alkanes) is 1. The first kappa shape index (κ1) is 24.1. The molecule has 0 bridgehead atoms. The van der Waals surface area contributed by atoms with Gasteiger partial charge in [0.05, 0.1) is 6.61 Å². The van der Waals surface area contributed by atoms with Gasteiger partial charge in [0, 0.05) is 25.8 Å². The Morgan fingerprint density at radius 2 is 1.83 bits per heavy atom. The molecule has 0 amide bonds. The molecule has 9 nitrogen and oxygen atoms in total. The lowest BCUT2D eigenvalue weighted by molar-refractivity contribution is 0.112. The highest BCUT2D eigenvalue weighted by molar-refractivity contribution is 5.74. The van der Waals surface area contributed by atoms with Crippen LogP contribution in [0.25, 0.3) is 0 Å². The number of anilines is 3. The zero-order valence-corrected chi connectivity index (χ0v) is 17.1. The summed E-state index contributed by atoms with van der Waals surface area (Å²) >= 11 is 0. The molecule has 160 valence electrons. The average Bonchev–Trinajstić information content (AvgIpc) is 2.75. The van der Waals surface area contributed by atoms with Gasteiger partial charge >= 0.3 is 6.01 Å². The van der Waals surface area contributed by atoms with E-state index >= 15 is 0 Å². The number of nitrogens with one attached hydrogen (secondary N) is 2.